The van der Waals surface area contributed by atoms with Crippen LogP contribution in [0.25, 0.3) is 11.0 Å². The lowest BCUT2D eigenvalue weighted by Crippen LogP contribution is -2.44. The molecule has 3 heterocycles. The summed E-state index contributed by atoms with van der Waals surface area (Å²) >= 11 is 0. The number of hydrogen-bond acceptors (Lipinski definition) is 7. The van der Waals surface area contributed by atoms with Crippen LogP contribution in [0.5, 0.6) is 0 Å². The van der Waals surface area contributed by atoms with E-state index in [1.165, 1.54) is 13.3 Å². The first-order valence-corrected chi connectivity index (χ1v) is 6.20. The van der Waals surface area contributed by atoms with Crippen LogP contribution in [0, 0.1) is 0 Å². The van der Waals surface area contributed by atoms with Gasteiger partial charge in [0.25, 0.3) is 0 Å². The maximum atomic E-state index is 10.4. The third-order valence-corrected chi connectivity index (χ3v) is 3.73. The Balaban J connectivity index is 2.10. The van der Waals surface area contributed by atoms with Gasteiger partial charge in [-0.15, -0.1) is 0 Å². The first-order chi connectivity index (χ1) is 9.46. The van der Waals surface area contributed by atoms with Crippen LogP contribution < -0.4 is 5.73 Å². The van der Waals surface area contributed by atoms with Gasteiger partial charge in [-0.1, -0.05) is 0 Å². The summed E-state index contributed by atoms with van der Waals surface area (Å²) in [6.07, 6.45) is 0.0428. The van der Waals surface area contributed by atoms with Gasteiger partial charge in [0.05, 0.1) is 12.0 Å². The van der Waals surface area contributed by atoms with Crippen LogP contribution in [0.2, 0.25) is 0 Å². The van der Waals surface area contributed by atoms with Crippen LogP contribution in [-0.4, -0.2) is 54.3 Å². The van der Waals surface area contributed by atoms with E-state index in [0.29, 0.717) is 16.9 Å². The normalized spacial score (nSPS) is 33.9. The minimum atomic E-state index is -1.56. The molecule has 2 aromatic rings. The van der Waals surface area contributed by atoms with E-state index in [2.05, 4.69) is 9.97 Å². The van der Waals surface area contributed by atoms with E-state index in [0.717, 1.165) is 0 Å². The van der Waals surface area contributed by atoms with E-state index >= 15 is 0 Å². The number of nitrogens with zero attached hydrogens (tertiary/aromatic N) is 3. The molecular formula is C12H16N4O4. The summed E-state index contributed by atoms with van der Waals surface area (Å²) in [6, 6.07) is 1.71. The molecule has 8 nitrogen and oxygen atoms in total. The molecule has 3 rings (SSSR count). The number of aliphatic hydroxyl groups is 3. The van der Waals surface area contributed by atoms with Crippen LogP contribution in [0.3, 0.4) is 0 Å². The Morgan fingerprint density at radius 2 is 2.25 bits per heavy atom. The summed E-state index contributed by atoms with van der Waals surface area (Å²) in [7, 11) is 0. The number of nitrogen functional groups attached to an aromatic ring is 1. The summed E-state index contributed by atoms with van der Waals surface area (Å²) in [5.74, 6) is 0.325. The fourth-order valence-corrected chi connectivity index (χ4v) is 2.57. The minimum Gasteiger partial charge on any atom is -0.394 e. The van der Waals surface area contributed by atoms with Crippen LogP contribution in [0.15, 0.2) is 18.6 Å². The lowest BCUT2D eigenvalue weighted by Gasteiger charge is -2.27. The van der Waals surface area contributed by atoms with E-state index in [1.807, 2.05) is 0 Å². The summed E-state index contributed by atoms with van der Waals surface area (Å²) in [5, 5.41) is 30.3. The van der Waals surface area contributed by atoms with Crippen molar-refractivity contribution in [3.63, 3.8) is 0 Å². The Morgan fingerprint density at radius 1 is 1.50 bits per heavy atom. The average Bonchev–Trinajstić information content (AvgIpc) is 2.92. The number of hydrogen-bond donors (Lipinski definition) is 4. The third-order valence-electron chi connectivity index (χ3n) is 3.73. The van der Waals surface area contributed by atoms with Gasteiger partial charge in [0.1, 0.15) is 35.6 Å². The highest BCUT2D eigenvalue weighted by molar-refractivity contribution is 5.86. The van der Waals surface area contributed by atoms with Gasteiger partial charge in [-0.3, -0.25) is 0 Å². The number of fused-ring (bicyclic) bond motifs is 1. The molecular weight excluding hydrogens is 264 g/mol. The fourth-order valence-electron chi connectivity index (χ4n) is 2.57. The Labute approximate surface area is 114 Å². The van der Waals surface area contributed by atoms with Gasteiger partial charge < -0.3 is 30.4 Å². The van der Waals surface area contributed by atoms with Gasteiger partial charge in [-0.2, -0.15) is 0 Å². The first-order valence-electron chi connectivity index (χ1n) is 6.20. The monoisotopic (exact) mass is 280 g/mol. The van der Waals surface area contributed by atoms with Crippen LogP contribution in [-0.2, 0) is 4.74 Å². The first kappa shape index (κ1) is 13.3. The van der Waals surface area contributed by atoms with Gasteiger partial charge in [-0.05, 0) is 13.0 Å². The van der Waals surface area contributed by atoms with Crippen molar-refractivity contribution < 1.29 is 20.1 Å². The van der Waals surface area contributed by atoms with Crippen LogP contribution in [0.1, 0.15) is 13.2 Å². The average molecular weight is 280 g/mol. The van der Waals surface area contributed by atoms with Crippen molar-refractivity contribution >= 4 is 16.9 Å². The molecule has 1 saturated heterocycles. The number of rotatable bonds is 2. The van der Waals surface area contributed by atoms with Crippen molar-refractivity contribution in [2.45, 2.75) is 31.0 Å². The van der Waals surface area contributed by atoms with Gasteiger partial charge >= 0.3 is 0 Å². The molecule has 0 saturated carbocycles. The predicted octanol–water partition coefficient (Wildman–Crippen LogP) is -0.985. The van der Waals surface area contributed by atoms with Crippen molar-refractivity contribution in [2.24, 2.45) is 0 Å². The number of aromatic nitrogens is 3. The largest absolute Gasteiger partial charge is 0.394 e. The second-order valence-electron chi connectivity index (χ2n) is 5.10. The van der Waals surface area contributed by atoms with E-state index in [4.69, 9.17) is 10.5 Å². The molecule has 2 unspecified atom stereocenters. The van der Waals surface area contributed by atoms with Crippen molar-refractivity contribution in [2.75, 3.05) is 12.3 Å². The lowest BCUT2D eigenvalue weighted by atomic mass is 9.96. The van der Waals surface area contributed by atoms with Crippen molar-refractivity contribution in [3.05, 3.63) is 18.6 Å². The molecule has 0 aromatic carbocycles. The Morgan fingerprint density at radius 3 is 2.90 bits per heavy atom. The predicted molar refractivity (Wildman–Crippen MR) is 69.6 cm³/mol. The maximum absolute atomic E-state index is 10.4. The molecule has 0 radical (unpaired) electrons. The molecule has 0 bridgehead atoms. The maximum Gasteiger partial charge on any atom is 0.167 e. The summed E-state index contributed by atoms with van der Waals surface area (Å²) in [4.78, 5) is 8.01. The van der Waals surface area contributed by atoms with Gasteiger partial charge in [0.2, 0.25) is 0 Å². The van der Waals surface area contributed by atoms with Crippen LogP contribution in [0.4, 0.5) is 5.82 Å². The standard InChI is InChI=1S/C12H16N4O4/c1-12(19)8(18)7(4-17)20-11(12)16-3-2-6-9(13)14-5-15-10(6)16/h2-3,5,7-8,11,17-19H,4H2,1H3,(H2,13,14,15)/t7-,8?,11-,12?/m1/s1. The molecule has 0 aliphatic carbocycles. The minimum absolute atomic E-state index is 0.325. The fraction of sp³-hybridized carbons (Fsp3) is 0.500. The summed E-state index contributed by atoms with van der Waals surface area (Å²) in [5.41, 5.74) is 4.70. The number of nitrogens with two attached hydrogens (primary N) is 1. The Kier molecular flexibility index (Phi) is 2.91. The lowest BCUT2D eigenvalue weighted by molar-refractivity contribution is -0.0948. The van der Waals surface area contributed by atoms with Crippen LogP contribution >= 0.6 is 0 Å². The van der Waals surface area contributed by atoms with Gasteiger partial charge in [0, 0.05) is 6.20 Å². The molecule has 108 valence electrons. The van der Waals surface area contributed by atoms with E-state index < -0.39 is 24.0 Å². The molecule has 2 aromatic heterocycles. The highest BCUT2D eigenvalue weighted by Gasteiger charge is 2.53. The smallest absolute Gasteiger partial charge is 0.167 e. The van der Waals surface area contributed by atoms with Crippen molar-refractivity contribution in [1.29, 1.82) is 0 Å². The van der Waals surface area contributed by atoms with E-state index in [-0.39, 0.29) is 6.61 Å². The molecule has 1 aliphatic rings. The van der Waals surface area contributed by atoms with E-state index in [1.54, 1.807) is 16.8 Å². The molecule has 1 fully saturated rings. The Hall–Kier alpha value is -1.74. The number of ether oxygens (including phenoxy) is 1. The molecule has 20 heavy (non-hydrogen) atoms. The van der Waals surface area contributed by atoms with Gasteiger partial charge in [0.15, 0.2) is 6.23 Å². The molecule has 0 spiro atoms. The van der Waals surface area contributed by atoms with Crippen molar-refractivity contribution in [1.82, 2.24) is 14.5 Å². The molecule has 4 atom stereocenters. The zero-order valence-electron chi connectivity index (χ0n) is 10.8. The zero-order chi connectivity index (χ0) is 14.5. The number of aliphatic hydroxyl groups excluding tert-OH is 2. The third kappa shape index (κ3) is 1.70. The second-order valence-corrected chi connectivity index (χ2v) is 5.10. The molecule has 5 N–H and O–H groups in total. The van der Waals surface area contributed by atoms with Gasteiger partial charge in [-0.25, -0.2) is 9.97 Å². The second kappa shape index (κ2) is 4.38. The highest BCUT2D eigenvalue weighted by atomic mass is 16.6. The molecule has 8 heteroatoms. The van der Waals surface area contributed by atoms with Crippen molar-refractivity contribution in [3.8, 4) is 0 Å². The summed E-state index contributed by atoms with van der Waals surface area (Å²) in [6.45, 7) is 1.07. The van der Waals surface area contributed by atoms with E-state index in [9.17, 15) is 15.3 Å². The Bertz CT molecular complexity index is 641. The SMILES string of the molecule is CC1(O)C(O)[C@@H](CO)O[C@H]1n1ccc2c(N)ncnc21. The molecule has 1 aliphatic heterocycles. The zero-order valence-corrected chi connectivity index (χ0v) is 10.8. The topological polar surface area (TPSA) is 127 Å². The quantitative estimate of drug-likeness (QED) is 0.556. The highest BCUT2D eigenvalue weighted by Crippen LogP contribution is 2.39. The number of anilines is 1. The molecule has 0 amide bonds. The summed E-state index contributed by atoms with van der Waals surface area (Å²) < 4.78 is 7.12.